The van der Waals surface area contributed by atoms with Gasteiger partial charge in [0.25, 0.3) is 0 Å². The summed E-state index contributed by atoms with van der Waals surface area (Å²) in [4.78, 5) is 15.4. The molecule has 1 atom stereocenters. The minimum absolute atomic E-state index is 0.313. The molecule has 3 aromatic heterocycles. The summed E-state index contributed by atoms with van der Waals surface area (Å²) in [5.74, 6) is 0.413. The van der Waals surface area contributed by atoms with E-state index in [9.17, 15) is 9.50 Å². The summed E-state index contributed by atoms with van der Waals surface area (Å²) in [7, 11) is 0. The zero-order chi connectivity index (χ0) is 17.7. The van der Waals surface area contributed by atoms with E-state index < -0.39 is 0 Å². The summed E-state index contributed by atoms with van der Waals surface area (Å²) in [6.45, 7) is 1.28. The van der Waals surface area contributed by atoms with Crippen LogP contribution < -0.4 is 4.90 Å². The predicted octanol–water partition coefficient (Wildman–Crippen LogP) is 2.65. The van der Waals surface area contributed by atoms with E-state index in [2.05, 4.69) is 15.0 Å². The number of β-amino-alcohol motifs (C(OH)–C–C–N with tert-alkyl or cyclic N) is 1. The molecule has 1 aromatic carbocycles. The number of fused-ring (bicyclic) bond motifs is 2. The molecule has 5 rings (SSSR count). The summed E-state index contributed by atoms with van der Waals surface area (Å²) in [5, 5.41) is 10.6. The number of pyridine rings is 1. The third-order valence-electron chi connectivity index (χ3n) is 4.82. The molecule has 1 aliphatic rings. The molecule has 26 heavy (non-hydrogen) atoms. The number of aliphatic hydroxyl groups is 1. The van der Waals surface area contributed by atoms with Crippen molar-refractivity contribution >= 4 is 22.4 Å². The third kappa shape index (κ3) is 2.32. The van der Waals surface area contributed by atoms with Gasteiger partial charge in [-0.15, -0.1) is 0 Å². The van der Waals surface area contributed by atoms with E-state index in [1.807, 2.05) is 21.6 Å². The van der Waals surface area contributed by atoms with Crippen molar-refractivity contribution in [1.82, 2.24) is 19.4 Å². The first-order valence-electron chi connectivity index (χ1n) is 8.50. The van der Waals surface area contributed by atoms with Gasteiger partial charge in [-0.05, 0) is 24.6 Å². The molecule has 1 unspecified atom stereocenters. The van der Waals surface area contributed by atoms with Crippen molar-refractivity contribution < 1.29 is 9.50 Å². The molecular formula is C19H16FN5O. The summed E-state index contributed by atoms with van der Waals surface area (Å²) in [6.07, 6.45) is 7.30. The van der Waals surface area contributed by atoms with Gasteiger partial charge in [-0.1, -0.05) is 6.07 Å². The minimum atomic E-state index is -0.345. The second-order valence-corrected chi connectivity index (χ2v) is 6.50. The number of hydrogen-bond acceptors (Lipinski definition) is 5. The fourth-order valence-electron chi connectivity index (χ4n) is 3.61. The number of hydrogen-bond donors (Lipinski definition) is 1. The van der Waals surface area contributed by atoms with Crippen molar-refractivity contribution in [2.45, 2.75) is 12.5 Å². The Morgan fingerprint density at radius 3 is 2.92 bits per heavy atom. The summed E-state index contributed by atoms with van der Waals surface area (Å²) >= 11 is 0. The fraction of sp³-hybridized carbons (Fsp3) is 0.211. The summed E-state index contributed by atoms with van der Waals surface area (Å²) in [5.41, 5.74) is 2.86. The standard InChI is InChI=1S/C19H16FN5O/c20-13-8-12-2-1-4-21-17(12)15(9-13)16-10-23-19-18(22-5-7-25(16)19)24-6-3-14(26)11-24/h1-2,4-5,7-10,14,26H,3,6,11H2. The van der Waals surface area contributed by atoms with Gasteiger partial charge in [0, 0.05) is 42.6 Å². The molecular weight excluding hydrogens is 333 g/mol. The lowest BCUT2D eigenvalue weighted by atomic mass is 10.1. The van der Waals surface area contributed by atoms with Crippen LogP contribution in [0.4, 0.5) is 10.2 Å². The maximum Gasteiger partial charge on any atom is 0.180 e. The molecule has 0 bridgehead atoms. The zero-order valence-corrected chi connectivity index (χ0v) is 13.9. The van der Waals surface area contributed by atoms with Crippen LogP contribution in [-0.2, 0) is 0 Å². The van der Waals surface area contributed by atoms with E-state index in [1.165, 1.54) is 12.1 Å². The Morgan fingerprint density at radius 2 is 2.08 bits per heavy atom. The highest BCUT2D eigenvalue weighted by Gasteiger charge is 2.24. The molecule has 7 heteroatoms. The van der Waals surface area contributed by atoms with Gasteiger partial charge >= 0.3 is 0 Å². The second kappa shape index (κ2) is 5.74. The average molecular weight is 349 g/mol. The van der Waals surface area contributed by atoms with Crippen molar-refractivity contribution in [3.63, 3.8) is 0 Å². The van der Waals surface area contributed by atoms with Gasteiger partial charge in [0.1, 0.15) is 5.82 Å². The topological polar surface area (TPSA) is 66.5 Å². The smallest absolute Gasteiger partial charge is 0.180 e. The first-order valence-corrected chi connectivity index (χ1v) is 8.50. The van der Waals surface area contributed by atoms with Crippen LogP contribution >= 0.6 is 0 Å². The van der Waals surface area contributed by atoms with Crippen LogP contribution in [0.3, 0.4) is 0 Å². The molecule has 4 aromatic rings. The molecule has 0 aliphatic carbocycles. The molecule has 6 nitrogen and oxygen atoms in total. The Hall–Kier alpha value is -3.06. The van der Waals surface area contributed by atoms with E-state index in [4.69, 9.17) is 0 Å². The van der Waals surface area contributed by atoms with E-state index in [-0.39, 0.29) is 11.9 Å². The van der Waals surface area contributed by atoms with Gasteiger partial charge in [-0.25, -0.2) is 14.4 Å². The van der Waals surface area contributed by atoms with Gasteiger partial charge in [0.15, 0.2) is 11.5 Å². The molecule has 130 valence electrons. The van der Waals surface area contributed by atoms with Gasteiger partial charge in [-0.2, -0.15) is 0 Å². The zero-order valence-electron chi connectivity index (χ0n) is 13.9. The van der Waals surface area contributed by atoms with Gasteiger partial charge in [0.2, 0.25) is 0 Å². The number of aromatic nitrogens is 4. The lowest BCUT2D eigenvalue weighted by molar-refractivity contribution is 0.198. The molecule has 1 N–H and O–H groups in total. The number of imidazole rings is 1. The average Bonchev–Trinajstić information content (AvgIpc) is 3.27. The first-order chi connectivity index (χ1) is 12.7. The van der Waals surface area contributed by atoms with Crippen molar-refractivity contribution in [3.8, 4) is 11.3 Å². The van der Waals surface area contributed by atoms with Crippen LogP contribution in [0.15, 0.2) is 49.1 Å². The molecule has 0 radical (unpaired) electrons. The fourth-order valence-corrected chi connectivity index (χ4v) is 3.61. The van der Waals surface area contributed by atoms with Gasteiger partial charge in [0.05, 0.1) is 23.5 Å². The molecule has 0 amide bonds. The number of rotatable bonds is 2. The molecule has 0 saturated carbocycles. The Labute approximate surface area is 148 Å². The number of anilines is 1. The molecule has 1 saturated heterocycles. The Balaban J connectivity index is 1.72. The highest BCUT2D eigenvalue weighted by atomic mass is 19.1. The van der Waals surface area contributed by atoms with E-state index in [0.717, 1.165) is 35.4 Å². The highest BCUT2D eigenvalue weighted by Crippen LogP contribution is 2.31. The van der Waals surface area contributed by atoms with Crippen LogP contribution in [0, 0.1) is 5.82 Å². The summed E-state index contributed by atoms with van der Waals surface area (Å²) in [6, 6.07) is 6.60. The molecule has 0 spiro atoms. The van der Waals surface area contributed by atoms with E-state index in [0.29, 0.717) is 17.8 Å². The SMILES string of the molecule is OC1CCN(c2nccn3c(-c4cc(F)cc5cccnc45)cnc23)C1. The van der Waals surface area contributed by atoms with Crippen LogP contribution in [0.5, 0.6) is 0 Å². The maximum absolute atomic E-state index is 14.2. The van der Waals surface area contributed by atoms with Gasteiger partial charge < -0.3 is 10.0 Å². The van der Waals surface area contributed by atoms with Crippen molar-refractivity contribution in [1.29, 1.82) is 0 Å². The number of aliphatic hydroxyl groups excluding tert-OH is 1. The number of halogens is 1. The number of nitrogens with zero attached hydrogens (tertiary/aromatic N) is 5. The Morgan fingerprint density at radius 1 is 1.15 bits per heavy atom. The lowest BCUT2D eigenvalue weighted by Crippen LogP contribution is -2.23. The minimum Gasteiger partial charge on any atom is -0.391 e. The van der Waals surface area contributed by atoms with Gasteiger partial charge in [-0.3, -0.25) is 9.38 Å². The van der Waals surface area contributed by atoms with Crippen molar-refractivity contribution in [2.24, 2.45) is 0 Å². The first kappa shape index (κ1) is 15.2. The van der Waals surface area contributed by atoms with Crippen molar-refractivity contribution in [3.05, 3.63) is 54.9 Å². The quantitative estimate of drug-likeness (QED) is 0.603. The monoisotopic (exact) mass is 349 g/mol. The van der Waals surface area contributed by atoms with Crippen LogP contribution in [0.1, 0.15) is 6.42 Å². The predicted molar refractivity (Wildman–Crippen MR) is 96.5 cm³/mol. The van der Waals surface area contributed by atoms with E-state index >= 15 is 0 Å². The van der Waals surface area contributed by atoms with E-state index in [1.54, 1.807) is 24.7 Å². The van der Waals surface area contributed by atoms with Crippen molar-refractivity contribution in [2.75, 3.05) is 18.0 Å². The normalized spacial score (nSPS) is 17.5. The Kier molecular flexibility index (Phi) is 3.36. The van der Waals surface area contributed by atoms with Crippen LogP contribution in [0.25, 0.3) is 27.8 Å². The molecule has 1 fully saturated rings. The maximum atomic E-state index is 14.2. The van der Waals surface area contributed by atoms with Crippen LogP contribution in [0.2, 0.25) is 0 Å². The summed E-state index contributed by atoms with van der Waals surface area (Å²) < 4.78 is 16.1. The van der Waals surface area contributed by atoms with Crippen LogP contribution in [-0.4, -0.2) is 43.7 Å². The Bertz CT molecular complexity index is 1130. The highest BCUT2D eigenvalue weighted by molar-refractivity contribution is 5.93. The molecule has 1 aliphatic heterocycles. The number of benzene rings is 1. The second-order valence-electron chi connectivity index (χ2n) is 6.50. The largest absolute Gasteiger partial charge is 0.391 e. The lowest BCUT2D eigenvalue weighted by Gasteiger charge is -2.17. The molecule has 4 heterocycles. The third-order valence-corrected chi connectivity index (χ3v) is 4.82.